The fourth-order valence-electron chi connectivity index (χ4n) is 2.40. The highest BCUT2D eigenvalue weighted by molar-refractivity contribution is 5.86. The first kappa shape index (κ1) is 11.8. The third kappa shape index (κ3) is 1.95. The molecule has 4 nitrogen and oxygen atoms in total. The number of benzene rings is 1. The lowest BCUT2D eigenvalue weighted by Crippen LogP contribution is -2.44. The van der Waals surface area contributed by atoms with E-state index in [4.69, 9.17) is 5.73 Å². The molecule has 0 aromatic heterocycles. The van der Waals surface area contributed by atoms with Gasteiger partial charge in [-0.15, -0.1) is 0 Å². The van der Waals surface area contributed by atoms with E-state index in [0.29, 0.717) is 0 Å². The molecule has 0 saturated heterocycles. The summed E-state index contributed by atoms with van der Waals surface area (Å²) in [4.78, 5) is 15.7. The second kappa shape index (κ2) is 4.28. The normalized spacial score (nSPS) is 15.6. The van der Waals surface area contributed by atoms with Gasteiger partial charge < -0.3 is 15.5 Å². The van der Waals surface area contributed by atoms with E-state index in [9.17, 15) is 4.79 Å². The molecule has 2 rings (SSSR count). The minimum absolute atomic E-state index is 0.125. The van der Waals surface area contributed by atoms with Crippen LogP contribution < -0.4 is 10.6 Å². The third-order valence-corrected chi connectivity index (χ3v) is 3.37. The van der Waals surface area contributed by atoms with E-state index in [2.05, 4.69) is 4.90 Å². The van der Waals surface area contributed by atoms with Gasteiger partial charge in [0.1, 0.15) is 6.04 Å². The van der Waals surface area contributed by atoms with Gasteiger partial charge in [-0.25, -0.2) is 0 Å². The number of hydrogen-bond acceptors (Lipinski definition) is 3. The number of nitrogens with two attached hydrogens (primary N) is 1. The molecule has 0 spiro atoms. The maximum absolute atomic E-state index is 12.0. The van der Waals surface area contributed by atoms with Crippen LogP contribution in [0.15, 0.2) is 18.2 Å². The molecule has 1 amide bonds. The smallest absolute Gasteiger partial charge is 0.244 e. The molecular formula is C13H19N3O. The largest absolute Gasteiger partial charge is 0.398 e. The third-order valence-electron chi connectivity index (χ3n) is 3.37. The fourth-order valence-corrected chi connectivity index (χ4v) is 2.40. The molecule has 2 N–H and O–H groups in total. The molecule has 1 aromatic rings. The average molecular weight is 233 g/mol. The first-order valence-corrected chi connectivity index (χ1v) is 5.87. The molecule has 1 heterocycles. The first-order valence-electron chi connectivity index (χ1n) is 5.87. The van der Waals surface area contributed by atoms with E-state index >= 15 is 0 Å². The summed E-state index contributed by atoms with van der Waals surface area (Å²) in [6, 6.07) is 5.77. The van der Waals surface area contributed by atoms with Crippen LogP contribution in [0.25, 0.3) is 0 Å². The predicted molar refractivity (Wildman–Crippen MR) is 70.1 cm³/mol. The highest BCUT2D eigenvalue weighted by atomic mass is 16.2. The minimum Gasteiger partial charge on any atom is -0.398 e. The number of nitrogens with zero attached hydrogens (tertiary/aromatic N) is 2. The summed E-state index contributed by atoms with van der Waals surface area (Å²) in [6.45, 7) is 2.81. The van der Waals surface area contributed by atoms with Crippen LogP contribution >= 0.6 is 0 Å². The second-order valence-corrected chi connectivity index (χ2v) is 4.70. The van der Waals surface area contributed by atoms with Crippen molar-refractivity contribution in [2.75, 3.05) is 31.3 Å². The first-order chi connectivity index (χ1) is 8.02. The Kier molecular flexibility index (Phi) is 2.96. The zero-order chi connectivity index (χ0) is 12.6. The predicted octanol–water partition coefficient (Wildman–Crippen LogP) is 1.11. The Hall–Kier alpha value is -1.71. The molecule has 1 aromatic carbocycles. The van der Waals surface area contributed by atoms with Gasteiger partial charge in [0.2, 0.25) is 5.91 Å². The molecule has 4 heteroatoms. The lowest BCUT2D eigenvalue weighted by Gasteiger charge is -2.28. The molecular weight excluding hydrogens is 214 g/mol. The topological polar surface area (TPSA) is 49.6 Å². The summed E-state index contributed by atoms with van der Waals surface area (Å²) in [5.74, 6) is 0.125. The molecule has 17 heavy (non-hydrogen) atoms. The summed E-state index contributed by atoms with van der Waals surface area (Å²) < 4.78 is 0. The van der Waals surface area contributed by atoms with E-state index in [-0.39, 0.29) is 11.9 Å². The summed E-state index contributed by atoms with van der Waals surface area (Å²) in [5.41, 5.74) is 9.05. The minimum atomic E-state index is -0.131. The number of fused-ring (bicyclic) bond motifs is 1. The van der Waals surface area contributed by atoms with E-state index < -0.39 is 0 Å². The van der Waals surface area contributed by atoms with Crippen LogP contribution in [0.1, 0.15) is 12.5 Å². The van der Waals surface area contributed by atoms with Gasteiger partial charge in [-0.2, -0.15) is 0 Å². The average Bonchev–Trinajstić information content (AvgIpc) is 2.72. The van der Waals surface area contributed by atoms with E-state index in [1.807, 2.05) is 25.1 Å². The van der Waals surface area contributed by atoms with Gasteiger partial charge in [0.15, 0.2) is 0 Å². The molecule has 1 unspecified atom stereocenters. The summed E-state index contributed by atoms with van der Waals surface area (Å²) in [7, 11) is 3.57. The number of hydrogen-bond donors (Lipinski definition) is 1. The molecule has 0 radical (unpaired) electrons. The highest BCUT2D eigenvalue weighted by Gasteiger charge is 2.29. The Morgan fingerprint density at radius 3 is 2.82 bits per heavy atom. The number of carbonyl (C=O) groups excluding carboxylic acids is 1. The van der Waals surface area contributed by atoms with Gasteiger partial charge in [-0.05, 0) is 25.5 Å². The molecule has 0 aliphatic carbocycles. The zero-order valence-corrected chi connectivity index (χ0v) is 10.6. The number of carbonyl (C=O) groups is 1. The monoisotopic (exact) mass is 233 g/mol. The Bertz CT molecular complexity index is 442. The van der Waals surface area contributed by atoms with Crippen molar-refractivity contribution in [3.05, 3.63) is 23.8 Å². The molecule has 0 saturated carbocycles. The van der Waals surface area contributed by atoms with Crippen LogP contribution in [0.4, 0.5) is 11.4 Å². The van der Waals surface area contributed by atoms with Gasteiger partial charge >= 0.3 is 0 Å². The van der Waals surface area contributed by atoms with Gasteiger partial charge in [-0.3, -0.25) is 4.79 Å². The number of nitrogen functional groups attached to an aromatic ring is 1. The van der Waals surface area contributed by atoms with Crippen molar-refractivity contribution in [2.45, 2.75) is 19.4 Å². The maximum atomic E-state index is 12.0. The molecule has 1 aliphatic rings. The van der Waals surface area contributed by atoms with Crippen LogP contribution in [-0.4, -0.2) is 37.5 Å². The number of anilines is 2. The molecule has 0 bridgehead atoms. The Labute approximate surface area is 102 Å². The van der Waals surface area contributed by atoms with E-state index in [1.165, 1.54) is 5.56 Å². The Morgan fingerprint density at radius 1 is 1.47 bits per heavy atom. The van der Waals surface area contributed by atoms with Crippen LogP contribution in [0.3, 0.4) is 0 Å². The summed E-state index contributed by atoms with van der Waals surface area (Å²) >= 11 is 0. The SMILES string of the molecule is CC(C(=O)N(C)C)N1CCc2c(N)cccc21. The standard InChI is InChI=1S/C13H19N3O/c1-9(13(17)15(2)3)16-8-7-10-11(14)5-4-6-12(10)16/h4-6,9H,7-8,14H2,1-3H3. The lowest BCUT2D eigenvalue weighted by molar-refractivity contribution is -0.129. The van der Waals surface area contributed by atoms with Gasteiger partial charge in [-0.1, -0.05) is 6.07 Å². The van der Waals surface area contributed by atoms with Crippen molar-refractivity contribution in [2.24, 2.45) is 0 Å². The van der Waals surface area contributed by atoms with Crippen molar-refractivity contribution in [3.8, 4) is 0 Å². The Balaban J connectivity index is 2.28. The summed E-state index contributed by atoms with van der Waals surface area (Å²) in [6.07, 6.45) is 0.924. The molecule has 1 aliphatic heterocycles. The molecule has 1 atom stereocenters. The van der Waals surface area contributed by atoms with Crippen molar-refractivity contribution in [3.63, 3.8) is 0 Å². The number of amides is 1. The molecule has 0 fully saturated rings. The zero-order valence-electron chi connectivity index (χ0n) is 10.6. The number of rotatable bonds is 2. The van der Waals surface area contributed by atoms with Crippen molar-refractivity contribution in [1.82, 2.24) is 4.90 Å². The molecule has 92 valence electrons. The lowest BCUT2D eigenvalue weighted by atomic mass is 10.1. The van der Waals surface area contributed by atoms with Crippen molar-refractivity contribution < 1.29 is 4.79 Å². The van der Waals surface area contributed by atoms with E-state index in [0.717, 1.165) is 24.3 Å². The van der Waals surface area contributed by atoms with Crippen molar-refractivity contribution >= 4 is 17.3 Å². The Morgan fingerprint density at radius 2 is 2.18 bits per heavy atom. The van der Waals surface area contributed by atoms with Crippen LogP contribution in [-0.2, 0) is 11.2 Å². The van der Waals surface area contributed by atoms with Gasteiger partial charge in [0.25, 0.3) is 0 Å². The second-order valence-electron chi connectivity index (χ2n) is 4.70. The quantitative estimate of drug-likeness (QED) is 0.778. The maximum Gasteiger partial charge on any atom is 0.244 e. The van der Waals surface area contributed by atoms with Crippen LogP contribution in [0, 0.1) is 0 Å². The van der Waals surface area contributed by atoms with Gasteiger partial charge in [0.05, 0.1) is 0 Å². The van der Waals surface area contributed by atoms with Crippen molar-refractivity contribution in [1.29, 1.82) is 0 Å². The fraction of sp³-hybridized carbons (Fsp3) is 0.462. The highest BCUT2D eigenvalue weighted by Crippen LogP contribution is 2.33. The van der Waals surface area contributed by atoms with Gasteiger partial charge in [0, 0.05) is 37.6 Å². The number of likely N-dealkylation sites (N-methyl/N-ethyl adjacent to an activating group) is 1. The van der Waals surface area contributed by atoms with E-state index in [1.54, 1.807) is 19.0 Å². The van der Waals surface area contributed by atoms with Crippen LogP contribution in [0.5, 0.6) is 0 Å². The summed E-state index contributed by atoms with van der Waals surface area (Å²) in [5, 5.41) is 0. The van der Waals surface area contributed by atoms with Crippen LogP contribution in [0.2, 0.25) is 0 Å².